The van der Waals surface area contributed by atoms with Crippen molar-refractivity contribution in [2.75, 3.05) is 26.3 Å². The molecule has 1 saturated carbocycles. The number of hydrogen-bond donors (Lipinski definition) is 0. The van der Waals surface area contributed by atoms with Crippen molar-refractivity contribution in [3.8, 4) is 5.75 Å². The Morgan fingerprint density at radius 3 is 2.96 bits per heavy atom. The quantitative estimate of drug-likeness (QED) is 0.784. The number of morpholine rings is 1. The van der Waals surface area contributed by atoms with Crippen molar-refractivity contribution in [3.05, 3.63) is 40.6 Å². The highest BCUT2D eigenvalue weighted by atomic mass is 35.5. The highest BCUT2D eigenvalue weighted by molar-refractivity contribution is 6.30. The summed E-state index contributed by atoms with van der Waals surface area (Å²) in [4.78, 5) is 2.31. The molecule has 1 saturated heterocycles. The summed E-state index contributed by atoms with van der Waals surface area (Å²) in [5.41, 5.74) is 1.11. The molecule has 134 valence electrons. The smallest absolute Gasteiger partial charge is 0.246 e. The number of aromatic nitrogens is 2. The normalized spacial score (nSPS) is 21.4. The fourth-order valence-corrected chi connectivity index (χ4v) is 3.18. The largest absolute Gasteiger partial charge is 0.493 e. The summed E-state index contributed by atoms with van der Waals surface area (Å²) in [6.45, 7) is 5.51. The standard InChI is InChI=1S/C18H22ClN3O3/c1-12-20-21-18(25-12)17-10-22(6-7-23-17)9-14-8-15(19)4-5-16(14)24-11-13-2-3-13/h4-5,8,13,17H,2-3,6-7,9-11H2,1H3. The predicted molar refractivity (Wildman–Crippen MR) is 92.7 cm³/mol. The van der Waals surface area contributed by atoms with E-state index in [-0.39, 0.29) is 6.10 Å². The van der Waals surface area contributed by atoms with Crippen LogP contribution in [0.4, 0.5) is 0 Å². The molecular formula is C18H22ClN3O3. The van der Waals surface area contributed by atoms with Crippen molar-refractivity contribution < 1.29 is 13.9 Å². The van der Waals surface area contributed by atoms with Crippen LogP contribution < -0.4 is 4.74 Å². The zero-order chi connectivity index (χ0) is 17.2. The van der Waals surface area contributed by atoms with Gasteiger partial charge in [0.2, 0.25) is 11.8 Å². The highest BCUT2D eigenvalue weighted by Gasteiger charge is 2.27. The van der Waals surface area contributed by atoms with Crippen molar-refractivity contribution >= 4 is 11.6 Å². The molecule has 0 amide bonds. The molecular weight excluding hydrogens is 342 g/mol. The van der Waals surface area contributed by atoms with E-state index in [1.54, 1.807) is 6.92 Å². The van der Waals surface area contributed by atoms with Gasteiger partial charge >= 0.3 is 0 Å². The molecule has 2 aromatic rings. The number of nitrogens with zero attached hydrogens (tertiary/aromatic N) is 3. The van der Waals surface area contributed by atoms with E-state index in [9.17, 15) is 0 Å². The van der Waals surface area contributed by atoms with E-state index >= 15 is 0 Å². The molecule has 4 rings (SSSR count). The number of halogens is 1. The van der Waals surface area contributed by atoms with E-state index in [0.717, 1.165) is 41.9 Å². The second-order valence-corrected chi connectivity index (χ2v) is 7.20. The van der Waals surface area contributed by atoms with Gasteiger partial charge in [0, 0.05) is 37.1 Å². The summed E-state index contributed by atoms with van der Waals surface area (Å²) in [5.74, 6) is 2.74. The lowest BCUT2D eigenvalue weighted by Crippen LogP contribution is -2.38. The Hall–Kier alpha value is -1.63. The second-order valence-electron chi connectivity index (χ2n) is 6.76. The Morgan fingerprint density at radius 2 is 2.20 bits per heavy atom. The van der Waals surface area contributed by atoms with Crippen molar-refractivity contribution in [2.45, 2.75) is 32.4 Å². The van der Waals surface area contributed by atoms with E-state index < -0.39 is 0 Å². The summed E-state index contributed by atoms with van der Waals surface area (Å²) in [7, 11) is 0. The molecule has 6 nitrogen and oxygen atoms in total. The third kappa shape index (κ3) is 4.32. The zero-order valence-electron chi connectivity index (χ0n) is 14.3. The average Bonchev–Trinajstić information content (AvgIpc) is 3.33. The van der Waals surface area contributed by atoms with Gasteiger partial charge in [0.05, 0.1) is 13.2 Å². The van der Waals surface area contributed by atoms with E-state index in [2.05, 4.69) is 15.1 Å². The van der Waals surface area contributed by atoms with Gasteiger partial charge in [0.15, 0.2) is 0 Å². The summed E-state index contributed by atoms with van der Waals surface area (Å²) < 4.78 is 17.3. The van der Waals surface area contributed by atoms with E-state index in [0.29, 0.717) is 24.9 Å². The average molecular weight is 364 g/mol. The Bertz CT molecular complexity index is 732. The van der Waals surface area contributed by atoms with E-state index in [4.69, 9.17) is 25.5 Å². The van der Waals surface area contributed by atoms with Crippen LogP contribution in [0.2, 0.25) is 5.02 Å². The van der Waals surface area contributed by atoms with Crippen molar-refractivity contribution in [3.63, 3.8) is 0 Å². The van der Waals surface area contributed by atoms with Crippen LogP contribution in [0.5, 0.6) is 5.75 Å². The topological polar surface area (TPSA) is 60.6 Å². The van der Waals surface area contributed by atoms with E-state index in [1.165, 1.54) is 12.8 Å². The van der Waals surface area contributed by atoms with Crippen molar-refractivity contribution in [2.24, 2.45) is 5.92 Å². The van der Waals surface area contributed by atoms with Crippen LogP contribution in [0, 0.1) is 12.8 Å². The molecule has 0 N–H and O–H groups in total. The van der Waals surface area contributed by atoms with Gasteiger partial charge in [-0.2, -0.15) is 0 Å². The summed E-state index contributed by atoms with van der Waals surface area (Å²) in [6.07, 6.45) is 2.36. The maximum Gasteiger partial charge on any atom is 0.246 e. The van der Waals surface area contributed by atoms with Gasteiger partial charge in [-0.1, -0.05) is 11.6 Å². The minimum Gasteiger partial charge on any atom is -0.493 e. The molecule has 1 atom stereocenters. The molecule has 1 aromatic carbocycles. The molecule has 2 fully saturated rings. The number of aryl methyl sites for hydroxylation is 1. The van der Waals surface area contributed by atoms with Crippen molar-refractivity contribution in [1.82, 2.24) is 15.1 Å². The number of hydrogen-bond acceptors (Lipinski definition) is 6. The first-order valence-corrected chi connectivity index (χ1v) is 9.10. The molecule has 1 unspecified atom stereocenters. The lowest BCUT2D eigenvalue weighted by molar-refractivity contribution is -0.0458. The molecule has 2 aliphatic rings. The fourth-order valence-electron chi connectivity index (χ4n) is 2.98. The molecule has 1 aromatic heterocycles. The molecule has 0 radical (unpaired) electrons. The van der Waals surface area contributed by atoms with E-state index in [1.807, 2.05) is 18.2 Å². The SMILES string of the molecule is Cc1nnc(C2CN(Cc3cc(Cl)ccc3OCC3CC3)CCO2)o1. The van der Waals surface area contributed by atoms with Crippen LogP contribution in [0.25, 0.3) is 0 Å². The highest BCUT2D eigenvalue weighted by Crippen LogP contribution is 2.32. The van der Waals surface area contributed by atoms with Gasteiger partial charge in [-0.3, -0.25) is 4.90 Å². The Balaban J connectivity index is 1.44. The van der Waals surface area contributed by atoms with Crippen LogP contribution in [0.15, 0.2) is 22.6 Å². The van der Waals surface area contributed by atoms with Gasteiger partial charge < -0.3 is 13.9 Å². The zero-order valence-corrected chi connectivity index (χ0v) is 15.0. The maximum absolute atomic E-state index is 6.20. The fraction of sp³-hybridized carbons (Fsp3) is 0.556. The lowest BCUT2D eigenvalue weighted by Gasteiger charge is -2.31. The first-order valence-electron chi connectivity index (χ1n) is 8.72. The maximum atomic E-state index is 6.20. The third-order valence-electron chi connectivity index (χ3n) is 4.56. The van der Waals surface area contributed by atoms with Crippen molar-refractivity contribution in [1.29, 1.82) is 0 Å². The number of rotatable bonds is 6. The Labute approximate surface area is 152 Å². The first kappa shape index (κ1) is 16.8. The number of benzene rings is 1. The second kappa shape index (κ2) is 7.32. The summed E-state index contributed by atoms with van der Waals surface area (Å²) in [6, 6.07) is 5.85. The molecule has 1 aliphatic heterocycles. The first-order chi connectivity index (χ1) is 12.2. The Morgan fingerprint density at radius 1 is 1.32 bits per heavy atom. The molecule has 25 heavy (non-hydrogen) atoms. The molecule has 2 heterocycles. The van der Waals surface area contributed by atoms with Crippen LogP contribution >= 0.6 is 11.6 Å². The number of ether oxygens (including phenoxy) is 2. The predicted octanol–water partition coefficient (Wildman–Crippen LogP) is 3.39. The van der Waals surface area contributed by atoms with Gasteiger partial charge in [0.1, 0.15) is 11.9 Å². The molecule has 0 bridgehead atoms. The molecule has 1 aliphatic carbocycles. The Kier molecular flexibility index (Phi) is 4.92. The minimum absolute atomic E-state index is 0.190. The molecule has 7 heteroatoms. The van der Waals surface area contributed by atoms with Gasteiger partial charge in [-0.25, -0.2) is 0 Å². The monoisotopic (exact) mass is 363 g/mol. The summed E-state index contributed by atoms with van der Waals surface area (Å²) in [5, 5.41) is 8.70. The third-order valence-corrected chi connectivity index (χ3v) is 4.79. The van der Waals surface area contributed by atoms with Gasteiger partial charge in [-0.15, -0.1) is 10.2 Å². The van der Waals surface area contributed by atoms with Gasteiger partial charge in [0.25, 0.3) is 0 Å². The van der Waals surface area contributed by atoms with Crippen LogP contribution in [0.1, 0.15) is 36.3 Å². The lowest BCUT2D eigenvalue weighted by atomic mass is 10.1. The van der Waals surface area contributed by atoms with Crippen LogP contribution in [-0.2, 0) is 11.3 Å². The van der Waals surface area contributed by atoms with Crippen LogP contribution in [0.3, 0.4) is 0 Å². The summed E-state index contributed by atoms with van der Waals surface area (Å²) >= 11 is 6.20. The molecule has 0 spiro atoms. The minimum atomic E-state index is -0.190. The van der Waals surface area contributed by atoms with Gasteiger partial charge in [-0.05, 0) is 37.0 Å². The van der Waals surface area contributed by atoms with Crippen LogP contribution in [-0.4, -0.2) is 41.4 Å².